The van der Waals surface area contributed by atoms with Crippen molar-refractivity contribution in [3.05, 3.63) is 42.4 Å². The average molecular weight is 285 g/mol. The second-order valence-electron chi connectivity index (χ2n) is 5.29. The summed E-state index contributed by atoms with van der Waals surface area (Å²) in [6.45, 7) is 1.93. The number of nitrogens with zero attached hydrogens (tertiary/aromatic N) is 1. The molecule has 0 aliphatic rings. The highest BCUT2D eigenvalue weighted by Gasteiger charge is 2.05. The fraction of sp³-hybridized carbons (Fsp3) is 0.444. The number of aryl methyl sites for hydroxylation is 1. The number of rotatable bonds is 9. The molecule has 0 atom stereocenters. The molecule has 0 fully saturated rings. The molecule has 0 aliphatic carbocycles. The van der Waals surface area contributed by atoms with Crippen molar-refractivity contribution >= 4 is 5.78 Å². The lowest BCUT2D eigenvalue weighted by Gasteiger charge is -1.99. The van der Waals surface area contributed by atoms with Gasteiger partial charge in [-0.05, 0) is 12.8 Å². The highest BCUT2D eigenvalue weighted by atomic mass is 16.4. The Bertz CT molecular complexity index is 545. The van der Waals surface area contributed by atoms with Gasteiger partial charge in [0.2, 0.25) is 0 Å². The molecule has 0 aliphatic heterocycles. The first-order valence-corrected chi connectivity index (χ1v) is 7.81. The maximum absolute atomic E-state index is 11.2. The molecule has 1 heterocycles. The molecule has 0 radical (unpaired) electrons. The van der Waals surface area contributed by atoms with E-state index in [2.05, 4.69) is 4.98 Å². The van der Waals surface area contributed by atoms with Gasteiger partial charge in [-0.1, -0.05) is 50.1 Å². The molecule has 1 aromatic carbocycles. The summed E-state index contributed by atoms with van der Waals surface area (Å²) in [6, 6.07) is 10.0. The Morgan fingerprint density at radius 3 is 2.62 bits per heavy atom. The molecular formula is C18H23NO2. The smallest absolute Gasteiger partial charge is 0.194 e. The van der Waals surface area contributed by atoms with Crippen molar-refractivity contribution in [2.75, 3.05) is 0 Å². The zero-order chi connectivity index (χ0) is 14.9. The largest absolute Gasteiger partial charge is 0.441 e. The lowest BCUT2D eigenvalue weighted by molar-refractivity contribution is -0.118. The van der Waals surface area contributed by atoms with Gasteiger partial charge in [-0.25, -0.2) is 4.98 Å². The Kier molecular flexibility index (Phi) is 6.20. The van der Waals surface area contributed by atoms with Crippen LogP contribution in [-0.2, 0) is 11.2 Å². The molecule has 0 unspecified atom stereocenters. The van der Waals surface area contributed by atoms with Crippen molar-refractivity contribution in [3.8, 4) is 11.3 Å². The van der Waals surface area contributed by atoms with Gasteiger partial charge in [0.05, 0.1) is 6.20 Å². The molecule has 0 saturated carbocycles. The molecule has 3 nitrogen and oxygen atoms in total. The van der Waals surface area contributed by atoms with Crippen molar-refractivity contribution in [1.29, 1.82) is 0 Å². The summed E-state index contributed by atoms with van der Waals surface area (Å²) in [6.07, 6.45) is 8.37. The average Bonchev–Trinajstić information content (AvgIpc) is 3.00. The fourth-order valence-electron chi connectivity index (χ4n) is 2.29. The number of oxazole rings is 1. The quantitative estimate of drug-likeness (QED) is 0.621. The van der Waals surface area contributed by atoms with E-state index in [1.165, 1.54) is 0 Å². The van der Waals surface area contributed by atoms with Crippen LogP contribution < -0.4 is 0 Å². The molecule has 21 heavy (non-hydrogen) atoms. The van der Waals surface area contributed by atoms with Crippen LogP contribution in [0.15, 0.2) is 40.9 Å². The molecule has 1 aromatic heterocycles. The lowest BCUT2D eigenvalue weighted by Crippen LogP contribution is -1.94. The van der Waals surface area contributed by atoms with Crippen LogP contribution in [0.2, 0.25) is 0 Å². The van der Waals surface area contributed by atoms with E-state index in [9.17, 15) is 4.79 Å². The van der Waals surface area contributed by atoms with Crippen LogP contribution in [0.25, 0.3) is 11.3 Å². The van der Waals surface area contributed by atoms with E-state index < -0.39 is 0 Å². The van der Waals surface area contributed by atoms with Crippen molar-refractivity contribution in [1.82, 2.24) is 4.98 Å². The molecule has 2 aromatic rings. The summed E-state index contributed by atoms with van der Waals surface area (Å²) in [5.41, 5.74) is 1.06. The van der Waals surface area contributed by atoms with E-state index in [0.717, 1.165) is 55.7 Å². The third-order valence-electron chi connectivity index (χ3n) is 3.60. The highest BCUT2D eigenvalue weighted by Crippen LogP contribution is 2.20. The van der Waals surface area contributed by atoms with Gasteiger partial charge in [0.1, 0.15) is 5.78 Å². The summed E-state index contributed by atoms with van der Waals surface area (Å²) in [5.74, 6) is 2.01. The first-order valence-electron chi connectivity index (χ1n) is 7.81. The molecule has 0 N–H and O–H groups in total. The van der Waals surface area contributed by atoms with Gasteiger partial charge >= 0.3 is 0 Å². The molecular weight excluding hydrogens is 262 g/mol. The third-order valence-corrected chi connectivity index (χ3v) is 3.60. The minimum atomic E-state index is 0.371. The van der Waals surface area contributed by atoms with Crippen molar-refractivity contribution in [2.24, 2.45) is 0 Å². The SMILES string of the molecule is CCC(=O)CCCCCCc1ncc(-c2ccccc2)o1. The zero-order valence-electron chi connectivity index (χ0n) is 12.7. The molecule has 0 amide bonds. The van der Waals surface area contributed by atoms with Crippen LogP contribution in [0.1, 0.15) is 51.3 Å². The Balaban J connectivity index is 1.68. The van der Waals surface area contributed by atoms with Crippen molar-refractivity contribution < 1.29 is 9.21 Å². The van der Waals surface area contributed by atoms with Gasteiger partial charge in [-0.2, -0.15) is 0 Å². The van der Waals surface area contributed by atoms with E-state index in [-0.39, 0.29) is 0 Å². The summed E-state index contributed by atoms with van der Waals surface area (Å²) < 4.78 is 5.77. The Morgan fingerprint density at radius 2 is 1.86 bits per heavy atom. The Hall–Kier alpha value is -1.90. The normalized spacial score (nSPS) is 10.7. The van der Waals surface area contributed by atoms with E-state index in [1.807, 2.05) is 37.3 Å². The predicted octanol–water partition coefficient (Wildman–Crippen LogP) is 4.81. The number of aromatic nitrogens is 1. The number of ketones is 1. The topological polar surface area (TPSA) is 43.1 Å². The second kappa shape index (κ2) is 8.40. The highest BCUT2D eigenvalue weighted by molar-refractivity contribution is 5.77. The minimum Gasteiger partial charge on any atom is -0.441 e. The first kappa shape index (κ1) is 15.5. The standard InChI is InChI=1S/C18H23NO2/c1-2-16(20)12-8-3-4-9-13-18-19-14-17(21-18)15-10-6-5-7-11-15/h5-7,10-11,14H,2-4,8-9,12-13H2,1H3. The Morgan fingerprint density at radius 1 is 1.10 bits per heavy atom. The van der Waals surface area contributed by atoms with Crippen LogP contribution in [0.3, 0.4) is 0 Å². The third kappa shape index (κ3) is 5.18. The van der Waals surface area contributed by atoms with Crippen LogP contribution >= 0.6 is 0 Å². The van der Waals surface area contributed by atoms with Crippen molar-refractivity contribution in [2.45, 2.75) is 51.9 Å². The molecule has 112 valence electrons. The van der Waals surface area contributed by atoms with E-state index in [4.69, 9.17) is 4.42 Å². The monoisotopic (exact) mass is 285 g/mol. The Labute approximate surface area is 126 Å². The van der Waals surface area contributed by atoms with Crippen LogP contribution in [0.4, 0.5) is 0 Å². The maximum atomic E-state index is 11.2. The number of hydrogen-bond acceptors (Lipinski definition) is 3. The second-order valence-corrected chi connectivity index (χ2v) is 5.29. The van der Waals surface area contributed by atoms with Gasteiger partial charge in [-0.3, -0.25) is 4.79 Å². The summed E-state index contributed by atoms with van der Waals surface area (Å²) >= 11 is 0. The zero-order valence-corrected chi connectivity index (χ0v) is 12.7. The number of unbranched alkanes of at least 4 members (excludes halogenated alkanes) is 3. The summed E-state index contributed by atoms with van der Waals surface area (Å²) in [4.78, 5) is 15.5. The molecule has 0 saturated heterocycles. The van der Waals surface area contributed by atoms with Gasteiger partial charge in [-0.15, -0.1) is 0 Å². The minimum absolute atomic E-state index is 0.371. The molecule has 3 heteroatoms. The van der Waals surface area contributed by atoms with Gasteiger partial charge in [0, 0.05) is 24.8 Å². The number of Topliss-reactive ketones (excluding diaryl/α,β-unsaturated/α-hetero) is 1. The first-order chi connectivity index (χ1) is 10.3. The lowest BCUT2D eigenvalue weighted by atomic mass is 10.1. The van der Waals surface area contributed by atoms with Gasteiger partial charge in [0.25, 0.3) is 0 Å². The molecule has 0 spiro atoms. The fourth-order valence-corrected chi connectivity index (χ4v) is 2.29. The van der Waals surface area contributed by atoms with Crippen LogP contribution in [0.5, 0.6) is 0 Å². The van der Waals surface area contributed by atoms with Gasteiger partial charge < -0.3 is 4.42 Å². The van der Waals surface area contributed by atoms with E-state index in [1.54, 1.807) is 6.20 Å². The predicted molar refractivity (Wildman–Crippen MR) is 84.0 cm³/mol. The number of carbonyl (C=O) groups is 1. The van der Waals surface area contributed by atoms with Crippen molar-refractivity contribution in [3.63, 3.8) is 0 Å². The van der Waals surface area contributed by atoms with Crippen LogP contribution in [0, 0.1) is 0 Å². The van der Waals surface area contributed by atoms with E-state index >= 15 is 0 Å². The van der Waals surface area contributed by atoms with E-state index in [0.29, 0.717) is 12.2 Å². The van der Waals surface area contributed by atoms with Gasteiger partial charge in [0.15, 0.2) is 11.7 Å². The number of benzene rings is 1. The summed E-state index contributed by atoms with van der Waals surface area (Å²) in [7, 11) is 0. The molecule has 0 bridgehead atoms. The number of hydrogen-bond donors (Lipinski definition) is 0. The summed E-state index contributed by atoms with van der Waals surface area (Å²) in [5, 5.41) is 0. The number of carbonyl (C=O) groups excluding carboxylic acids is 1. The molecule has 2 rings (SSSR count). The maximum Gasteiger partial charge on any atom is 0.194 e. The van der Waals surface area contributed by atoms with Crippen LogP contribution in [-0.4, -0.2) is 10.8 Å².